The Labute approximate surface area is 109 Å². The fraction of sp³-hybridized carbons (Fsp3) is 0.571. The van der Waals surface area contributed by atoms with Crippen LogP contribution in [0.5, 0.6) is 11.5 Å². The molecule has 2 atom stereocenters. The summed E-state index contributed by atoms with van der Waals surface area (Å²) in [7, 11) is 0. The molecule has 18 heavy (non-hydrogen) atoms. The number of benzene rings is 1. The minimum atomic E-state index is -0.358. The molecule has 2 unspecified atom stereocenters. The Bertz CT molecular complexity index is 326. The van der Waals surface area contributed by atoms with Crippen LogP contribution in [-0.4, -0.2) is 30.5 Å². The molecule has 102 valence electrons. The van der Waals surface area contributed by atoms with Crippen LogP contribution in [0.4, 0.5) is 0 Å². The number of nitrogens with two attached hydrogens (primary N) is 1. The van der Waals surface area contributed by atoms with Crippen LogP contribution in [0.25, 0.3) is 0 Å². The van der Waals surface area contributed by atoms with Crippen molar-refractivity contribution in [2.45, 2.75) is 38.8 Å². The molecule has 4 heteroatoms. The standard InChI is InChI=1S/C14H23NO3/c1-3-5-13(15)14(10-16)18-12-8-6-11(7-9-12)17-4-2/h6-9,13-14,16H,3-5,10,15H2,1-2H3. The van der Waals surface area contributed by atoms with Crippen molar-refractivity contribution in [3.63, 3.8) is 0 Å². The molecule has 0 aromatic heterocycles. The molecule has 1 rings (SSSR count). The highest BCUT2D eigenvalue weighted by atomic mass is 16.5. The van der Waals surface area contributed by atoms with E-state index in [0.29, 0.717) is 12.4 Å². The van der Waals surface area contributed by atoms with Crippen LogP contribution in [0.1, 0.15) is 26.7 Å². The number of aliphatic hydroxyl groups is 1. The monoisotopic (exact) mass is 253 g/mol. The van der Waals surface area contributed by atoms with Crippen LogP contribution in [0, 0.1) is 0 Å². The van der Waals surface area contributed by atoms with Gasteiger partial charge in [-0.2, -0.15) is 0 Å². The fourth-order valence-electron chi connectivity index (χ4n) is 1.74. The van der Waals surface area contributed by atoms with Crippen molar-refractivity contribution in [2.75, 3.05) is 13.2 Å². The molecule has 0 heterocycles. The van der Waals surface area contributed by atoms with E-state index in [0.717, 1.165) is 18.6 Å². The molecule has 0 radical (unpaired) electrons. The van der Waals surface area contributed by atoms with Crippen molar-refractivity contribution >= 4 is 0 Å². The molecule has 0 saturated carbocycles. The van der Waals surface area contributed by atoms with E-state index < -0.39 is 0 Å². The summed E-state index contributed by atoms with van der Waals surface area (Å²) in [6.07, 6.45) is 1.45. The van der Waals surface area contributed by atoms with Gasteiger partial charge in [-0.1, -0.05) is 13.3 Å². The van der Waals surface area contributed by atoms with Crippen LogP contribution >= 0.6 is 0 Å². The lowest BCUT2D eigenvalue weighted by Crippen LogP contribution is -2.41. The van der Waals surface area contributed by atoms with Crippen LogP contribution in [0.3, 0.4) is 0 Å². The second-order valence-electron chi connectivity index (χ2n) is 4.20. The fourth-order valence-corrected chi connectivity index (χ4v) is 1.74. The number of hydrogen-bond acceptors (Lipinski definition) is 4. The summed E-state index contributed by atoms with van der Waals surface area (Å²) >= 11 is 0. The van der Waals surface area contributed by atoms with Gasteiger partial charge in [-0.05, 0) is 37.6 Å². The SMILES string of the molecule is CCCC(N)C(CO)Oc1ccc(OCC)cc1. The summed E-state index contributed by atoms with van der Waals surface area (Å²) in [6, 6.07) is 7.20. The van der Waals surface area contributed by atoms with Gasteiger partial charge in [0.05, 0.1) is 13.2 Å². The van der Waals surface area contributed by atoms with Crippen molar-refractivity contribution in [1.82, 2.24) is 0 Å². The summed E-state index contributed by atoms with van der Waals surface area (Å²) in [6.45, 7) is 4.57. The van der Waals surface area contributed by atoms with Crippen molar-refractivity contribution in [2.24, 2.45) is 5.73 Å². The molecule has 0 spiro atoms. The van der Waals surface area contributed by atoms with Gasteiger partial charge in [0.2, 0.25) is 0 Å². The summed E-state index contributed by atoms with van der Waals surface area (Å²) in [5.41, 5.74) is 5.95. The van der Waals surface area contributed by atoms with E-state index in [4.69, 9.17) is 15.2 Å². The number of aliphatic hydroxyl groups excluding tert-OH is 1. The zero-order valence-electron chi connectivity index (χ0n) is 11.1. The third-order valence-corrected chi connectivity index (χ3v) is 2.70. The smallest absolute Gasteiger partial charge is 0.137 e. The normalized spacial score (nSPS) is 14.0. The van der Waals surface area contributed by atoms with Gasteiger partial charge in [-0.15, -0.1) is 0 Å². The molecular formula is C14H23NO3. The lowest BCUT2D eigenvalue weighted by molar-refractivity contribution is 0.0916. The molecule has 0 aliphatic rings. The van der Waals surface area contributed by atoms with Gasteiger partial charge in [-0.3, -0.25) is 0 Å². The van der Waals surface area contributed by atoms with E-state index in [2.05, 4.69) is 6.92 Å². The van der Waals surface area contributed by atoms with E-state index >= 15 is 0 Å². The molecule has 0 fully saturated rings. The van der Waals surface area contributed by atoms with Gasteiger partial charge in [0.25, 0.3) is 0 Å². The first-order valence-corrected chi connectivity index (χ1v) is 6.47. The zero-order valence-corrected chi connectivity index (χ0v) is 11.1. The minimum absolute atomic E-state index is 0.0750. The Hall–Kier alpha value is -1.26. The lowest BCUT2D eigenvalue weighted by atomic mass is 10.1. The second kappa shape index (κ2) is 7.95. The maximum absolute atomic E-state index is 9.29. The Balaban J connectivity index is 2.58. The van der Waals surface area contributed by atoms with Crippen LogP contribution in [0.2, 0.25) is 0 Å². The van der Waals surface area contributed by atoms with Gasteiger partial charge in [0.15, 0.2) is 0 Å². The first kappa shape index (κ1) is 14.8. The Morgan fingerprint density at radius 2 is 1.78 bits per heavy atom. The molecule has 0 saturated heterocycles. The van der Waals surface area contributed by atoms with Crippen molar-refractivity contribution in [3.8, 4) is 11.5 Å². The summed E-state index contributed by atoms with van der Waals surface area (Å²) in [4.78, 5) is 0. The number of hydrogen-bond donors (Lipinski definition) is 2. The lowest BCUT2D eigenvalue weighted by Gasteiger charge is -2.23. The molecule has 0 bridgehead atoms. The quantitative estimate of drug-likeness (QED) is 0.743. The second-order valence-corrected chi connectivity index (χ2v) is 4.20. The Morgan fingerprint density at radius 1 is 1.17 bits per heavy atom. The van der Waals surface area contributed by atoms with E-state index in [9.17, 15) is 5.11 Å². The van der Waals surface area contributed by atoms with E-state index in [1.807, 2.05) is 31.2 Å². The molecule has 0 aliphatic carbocycles. The third-order valence-electron chi connectivity index (χ3n) is 2.70. The molecule has 1 aromatic carbocycles. The van der Waals surface area contributed by atoms with Gasteiger partial charge < -0.3 is 20.3 Å². The molecule has 4 nitrogen and oxygen atoms in total. The average molecular weight is 253 g/mol. The highest BCUT2D eigenvalue weighted by Crippen LogP contribution is 2.19. The summed E-state index contributed by atoms with van der Waals surface area (Å²) in [5.74, 6) is 1.51. The van der Waals surface area contributed by atoms with Gasteiger partial charge >= 0.3 is 0 Å². The topological polar surface area (TPSA) is 64.7 Å². The average Bonchev–Trinajstić information content (AvgIpc) is 2.38. The van der Waals surface area contributed by atoms with Crippen LogP contribution < -0.4 is 15.2 Å². The number of ether oxygens (including phenoxy) is 2. The van der Waals surface area contributed by atoms with Crippen molar-refractivity contribution in [3.05, 3.63) is 24.3 Å². The van der Waals surface area contributed by atoms with E-state index in [1.165, 1.54) is 0 Å². The zero-order chi connectivity index (χ0) is 13.4. The first-order chi connectivity index (χ1) is 8.71. The van der Waals surface area contributed by atoms with Gasteiger partial charge in [0.1, 0.15) is 17.6 Å². The minimum Gasteiger partial charge on any atom is -0.494 e. The number of rotatable bonds is 8. The Kier molecular flexibility index (Phi) is 6.54. The van der Waals surface area contributed by atoms with Gasteiger partial charge in [0, 0.05) is 6.04 Å². The van der Waals surface area contributed by atoms with E-state index in [-0.39, 0.29) is 18.8 Å². The summed E-state index contributed by atoms with van der Waals surface area (Å²) < 4.78 is 11.0. The maximum Gasteiger partial charge on any atom is 0.137 e. The first-order valence-electron chi connectivity index (χ1n) is 6.47. The maximum atomic E-state index is 9.29. The van der Waals surface area contributed by atoms with Gasteiger partial charge in [-0.25, -0.2) is 0 Å². The predicted octanol–water partition coefficient (Wildman–Crippen LogP) is 1.95. The van der Waals surface area contributed by atoms with Crippen LogP contribution in [0.15, 0.2) is 24.3 Å². The van der Waals surface area contributed by atoms with Crippen molar-refractivity contribution < 1.29 is 14.6 Å². The highest BCUT2D eigenvalue weighted by molar-refractivity contribution is 5.31. The molecule has 1 aromatic rings. The highest BCUT2D eigenvalue weighted by Gasteiger charge is 2.17. The van der Waals surface area contributed by atoms with Crippen molar-refractivity contribution in [1.29, 1.82) is 0 Å². The molecule has 3 N–H and O–H groups in total. The van der Waals surface area contributed by atoms with E-state index in [1.54, 1.807) is 0 Å². The molecule has 0 amide bonds. The third kappa shape index (κ3) is 4.55. The largest absolute Gasteiger partial charge is 0.494 e. The summed E-state index contributed by atoms with van der Waals surface area (Å²) in [5, 5.41) is 9.29. The molecular weight excluding hydrogens is 230 g/mol. The Morgan fingerprint density at radius 3 is 2.28 bits per heavy atom. The molecule has 0 aliphatic heterocycles. The predicted molar refractivity (Wildman–Crippen MR) is 72.0 cm³/mol. The van der Waals surface area contributed by atoms with Crippen LogP contribution in [-0.2, 0) is 0 Å².